The van der Waals surface area contributed by atoms with Crippen molar-refractivity contribution in [1.29, 1.82) is 5.26 Å². The third kappa shape index (κ3) is 3.30. The average molecular weight is 184 g/mol. The first-order chi connectivity index (χ1) is 6.22. The number of ether oxygens (including phenoxy) is 1. The molecule has 0 aromatic heterocycles. The summed E-state index contributed by atoms with van der Waals surface area (Å²) in [5, 5.41) is 19.2. The molecule has 5 nitrogen and oxygen atoms in total. The van der Waals surface area contributed by atoms with E-state index in [1.54, 1.807) is 0 Å². The first-order valence-electron chi connectivity index (χ1n) is 4.20. The summed E-state index contributed by atoms with van der Waals surface area (Å²) in [6.07, 6.45) is 0.848. The lowest BCUT2D eigenvalue weighted by Gasteiger charge is -2.27. The number of nitrogens with zero attached hydrogens (tertiary/aromatic N) is 1. The zero-order valence-corrected chi connectivity index (χ0v) is 7.19. The van der Waals surface area contributed by atoms with Crippen molar-refractivity contribution in [2.24, 2.45) is 0 Å². The van der Waals surface area contributed by atoms with Crippen LogP contribution in [0.5, 0.6) is 0 Å². The molecule has 1 amide bonds. The van der Waals surface area contributed by atoms with Crippen LogP contribution in [0.1, 0.15) is 19.3 Å². The Balaban J connectivity index is 2.23. The van der Waals surface area contributed by atoms with Crippen LogP contribution in [0.2, 0.25) is 0 Å². The second-order valence-corrected chi connectivity index (χ2v) is 3.04. The molecule has 2 atom stereocenters. The maximum Gasteiger partial charge on any atom is 0.404 e. The molecule has 72 valence electrons. The molecule has 5 heteroatoms. The Morgan fingerprint density at radius 1 is 1.69 bits per heavy atom. The SMILES string of the molecule is N#CC[C@H]1CC[C@@H](NC(=O)O)CO1. The van der Waals surface area contributed by atoms with Crippen molar-refractivity contribution in [1.82, 2.24) is 5.32 Å². The van der Waals surface area contributed by atoms with Crippen LogP contribution in [0.4, 0.5) is 4.79 Å². The number of nitriles is 1. The molecule has 1 fully saturated rings. The summed E-state index contributed by atoms with van der Waals surface area (Å²) in [5.74, 6) is 0. The molecule has 0 unspecified atom stereocenters. The Morgan fingerprint density at radius 3 is 2.92 bits per heavy atom. The van der Waals surface area contributed by atoms with Crippen LogP contribution in [-0.4, -0.2) is 30.0 Å². The molecule has 1 rings (SSSR count). The zero-order chi connectivity index (χ0) is 9.68. The van der Waals surface area contributed by atoms with Gasteiger partial charge in [-0.1, -0.05) is 0 Å². The fraction of sp³-hybridized carbons (Fsp3) is 0.750. The van der Waals surface area contributed by atoms with E-state index < -0.39 is 6.09 Å². The van der Waals surface area contributed by atoms with E-state index in [-0.39, 0.29) is 12.1 Å². The number of rotatable bonds is 2. The van der Waals surface area contributed by atoms with E-state index in [0.717, 1.165) is 12.8 Å². The van der Waals surface area contributed by atoms with Gasteiger partial charge in [-0.2, -0.15) is 5.26 Å². The molecule has 1 aliphatic heterocycles. The molecule has 2 N–H and O–H groups in total. The van der Waals surface area contributed by atoms with Crippen molar-refractivity contribution in [3.8, 4) is 6.07 Å². The van der Waals surface area contributed by atoms with E-state index >= 15 is 0 Å². The highest BCUT2D eigenvalue weighted by molar-refractivity contribution is 5.64. The second kappa shape index (κ2) is 4.67. The van der Waals surface area contributed by atoms with E-state index in [0.29, 0.717) is 13.0 Å². The van der Waals surface area contributed by atoms with Gasteiger partial charge in [0.15, 0.2) is 0 Å². The monoisotopic (exact) mass is 184 g/mol. The lowest BCUT2D eigenvalue weighted by atomic mass is 10.0. The predicted molar refractivity (Wildman–Crippen MR) is 44.2 cm³/mol. The Bertz CT molecular complexity index is 216. The molecule has 1 aliphatic rings. The highest BCUT2D eigenvalue weighted by atomic mass is 16.5. The third-order valence-electron chi connectivity index (χ3n) is 2.02. The topological polar surface area (TPSA) is 82.4 Å². The Hall–Kier alpha value is -1.28. The van der Waals surface area contributed by atoms with Crippen molar-refractivity contribution in [2.75, 3.05) is 6.61 Å². The number of amides is 1. The van der Waals surface area contributed by atoms with Crippen molar-refractivity contribution >= 4 is 6.09 Å². The van der Waals surface area contributed by atoms with Gasteiger partial charge in [-0.05, 0) is 12.8 Å². The lowest BCUT2D eigenvalue weighted by Crippen LogP contribution is -2.42. The van der Waals surface area contributed by atoms with Crippen molar-refractivity contribution in [3.05, 3.63) is 0 Å². The highest BCUT2D eigenvalue weighted by Crippen LogP contribution is 2.15. The number of nitrogens with one attached hydrogen (secondary N) is 1. The summed E-state index contributed by atoms with van der Waals surface area (Å²) in [6, 6.07) is 1.91. The number of hydrogen-bond donors (Lipinski definition) is 2. The standard InChI is InChI=1S/C8H12N2O3/c9-4-3-7-2-1-6(5-13-7)10-8(11)12/h6-7,10H,1-3,5H2,(H,11,12)/t6-,7-/m1/s1. The predicted octanol–water partition coefficient (Wildman–Crippen LogP) is 0.715. The van der Waals surface area contributed by atoms with E-state index in [9.17, 15) is 4.79 Å². The maximum atomic E-state index is 10.3. The number of hydrogen-bond acceptors (Lipinski definition) is 3. The lowest BCUT2D eigenvalue weighted by molar-refractivity contribution is 0.00137. The van der Waals surface area contributed by atoms with Crippen molar-refractivity contribution in [3.63, 3.8) is 0 Å². The second-order valence-electron chi connectivity index (χ2n) is 3.04. The summed E-state index contributed by atoms with van der Waals surface area (Å²) in [6.45, 7) is 0.374. The van der Waals surface area contributed by atoms with Crippen LogP contribution < -0.4 is 5.32 Å². The Kier molecular flexibility index (Phi) is 3.53. The van der Waals surface area contributed by atoms with Gasteiger partial charge in [0.1, 0.15) is 0 Å². The van der Waals surface area contributed by atoms with Gasteiger partial charge in [0, 0.05) is 0 Å². The van der Waals surface area contributed by atoms with Crippen molar-refractivity contribution < 1.29 is 14.6 Å². The molecule has 0 aliphatic carbocycles. The summed E-state index contributed by atoms with van der Waals surface area (Å²) < 4.78 is 5.28. The number of carbonyl (C=O) groups is 1. The molecule has 1 saturated heterocycles. The van der Waals surface area contributed by atoms with Gasteiger partial charge in [0.05, 0.1) is 31.2 Å². The summed E-state index contributed by atoms with van der Waals surface area (Å²) in [7, 11) is 0. The maximum absolute atomic E-state index is 10.3. The summed E-state index contributed by atoms with van der Waals surface area (Å²) in [5.41, 5.74) is 0. The van der Waals surface area contributed by atoms with E-state index in [1.807, 2.05) is 6.07 Å². The molecule has 13 heavy (non-hydrogen) atoms. The Morgan fingerprint density at radius 2 is 2.46 bits per heavy atom. The minimum atomic E-state index is -1.02. The quantitative estimate of drug-likeness (QED) is 0.662. The first kappa shape index (κ1) is 9.81. The van der Waals surface area contributed by atoms with Crippen LogP contribution in [0.15, 0.2) is 0 Å². The number of carboxylic acid groups (broad SMARTS) is 1. The largest absolute Gasteiger partial charge is 0.465 e. The van der Waals surface area contributed by atoms with Gasteiger partial charge in [0.25, 0.3) is 0 Å². The van der Waals surface area contributed by atoms with Gasteiger partial charge >= 0.3 is 6.09 Å². The Labute approximate surface area is 76.3 Å². The fourth-order valence-corrected chi connectivity index (χ4v) is 1.36. The van der Waals surface area contributed by atoms with Gasteiger partial charge in [-0.25, -0.2) is 4.79 Å². The molecular weight excluding hydrogens is 172 g/mol. The van der Waals surface area contributed by atoms with E-state index in [2.05, 4.69) is 5.32 Å². The minimum Gasteiger partial charge on any atom is -0.465 e. The first-order valence-corrected chi connectivity index (χ1v) is 4.20. The average Bonchev–Trinajstić information content (AvgIpc) is 2.08. The highest BCUT2D eigenvalue weighted by Gasteiger charge is 2.22. The minimum absolute atomic E-state index is 0.0168. The van der Waals surface area contributed by atoms with Gasteiger partial charge in [0.2, 0.25) is 0 Å². The molecule has 0 aromatic carbocycles. The summed E-state index contributed by atoms with van der Waals surface area (Å²) in [4.78, 5) is 10.3. The van der Waals surface area contributed by atoms with Gasteiger partial charge < -0.3 is 15.2 Å². The summed E-state index contributed by atoms with van der Waals surface area (Å²) >= 11 is 0. The van der Waals surface area contributed by atoms with E-state index in [4.69, 9.17) is 15.1 Å². The molecule has 0 aromatic rings. The fourth-order valence-electron chi connectivity index (χ4n) is 1.36. The van der Waals surface area contributed by atoms with Crippen LogP contribution in [0.3, 0.4) is 0 Å². The van der Waals surface area contributed by atoms with Gasteiger partial charge in [-0.3, -0.25) is 0 Å². The molecule has 1 heterocycles. The molecule has 0 radical (unpaired) electrons. The van der Waals surface area contributed by atoms with E-state index in [1.165, 1.54) is 0 Å². The van der Waals surface area contributed by atoms with Crippen molar-refractivity contribution in [2.45, 2.75) is 31.4 Å². The normalized spacial score (nSPS) is 27.6. The molecule has 0 saturated carbocycles. The smallest absolute Gasteiger partial charge is 0.404 e. The van der Waals surface area contributed by atoms with Gasteiger partial charge in [-0.15, -0.1) is 0 Å². The van der Waals surface area contributed by atoms with Crippen LogP contribution >= 0.6 is 0 Å². The zero-order valence-electron chi connectivity index (χ0n) is 7.19. The molecule has 0 spiro atoms. The molecule has 0 bridgehead atoms. The van der Waals surface area contributed by atoms with Crippen LogP contribution in [-0.2, 0) is 4.74 Å². The van der Waals surface area contributed by atoms with Crippen LogP contribution in [0, 0.1) is 11.3 Å². The molecular formula is C8H12N2O3. The third-order valence-corrected chi connectivity index (χ3v) is 2.02. The van der Waals surface area contributed by atoms with Crippen LogP contribution in [0.25, 0.3) is 0 Å².